The van der Waals surface area contributed by atoms with Crippen LogP contribution in [-0.4, -0.2) is 61.7 Å². The fourth-order valence-electron chi connectivity index (χ4n) is 3.25. The minimum absolute atomic E-state index is 0.0112. The Morgan fingerprint density at radius 1 is 1.45 bits per heavy atom. The molecular formula is C13H24N2O4S. The van der Waals surface area contributed by atoms with Gasteiger partial charge in [0.2, 0.25) is 0 Å². The van der Waals surface area contributed by atoms with E-state index in [1.54, 1.807) is 4.90 Å². The van der Waals surface area contributed by atoms with Gasteiger partial charge in [-0.2, -0.15) is 0 Å². The molecule has 0 aromatic carbocycles. The zero-order valence-electron chi connectivity index (χ0n) is 12.6. The molecule has 2 aliphatic rings. The van der Waals surface area contributed by atoms with E-state index in [2.05, 4.69) is 5.32 Å². The topological polar surface area (TPSA) is 75.7 Å². The summed E-state index contributed by atoms with van der Waals surface area (Å²) >= 11 is 0. The van der Waals surface area contributed by atoms with Crippen LogP contribution < -0.4 is 5.32 Å². The number of carbonyl (C=O) groups excluding carboxylic acids is 1. The lowest BCUT2D eigenvalue weighted by Crippen LogP contribution is -2.65. The molecule has 2 bridgehead atoms. The minimum Gasteiger partial charge on any atom is -0.444 e. The van der Waals surface area contributed by atoms with Gasteiger partial charge in [0.15, 0.2) is 0 Å². The average molecular weight is 304 g/mol. The summed E-state index contributed by atoms with van der Waals surface area (Å²) in [4.78, 5) is 14.1. The Balaban J connectivity index is 2.27. The second-order valence-electron chi connectivity index (χ2n) is 6.97. The maximum atomic E-state index is 12.4. The summed E-state index contributed by atoms with van der Waals surface area (Å²) in [7, 11) is -3.17. The number of rotatable bonds is 2. The molecule has 116 valence electrons. The van der Waals surface area contributed by atoms with Gasteiger partial charge in [0, 0.05) is 25.4 Å². The van der Waals surface area contributed by atoms with Crippen molar-refractivity contribution in [2.75, 3.05) is 25.1 Å². The Kier molecular flexibility index (Phi) is 3.79. The molecule has 0 radical (unpaired) electrons. The summed E-state index contributed by atoms with van der Waals surface area (Å²) in [6.45, 7) is 6.66. The number of fused-ring (bicyclic) bond motifs is 2. The maximum absolute atomic E-state index is 12.4. The maximum Gasteiger partial charge on any atom is 0.411 e. The van der Waals surface area contributed by atoms with Crippen molar-refractivity contribution in [1.82, 2.24) is 10.2 Å². The number of amides is 1. The number of piperazine rings is 1. The van der Waals surface area contributed by atoms with Crippen LogP contribution in [0.5, 0.6) is 0 Å². The molecule has 1 amide bonds. The molecule has 0 aromatic heterocycles. The number of sulfone groups is 1. The lowest BCUT2D eigenvalue weighted by atomic mass is 9.99. The van der Waals surface area contributed by atoms with Crippen molar-refractivity contribution in [1.29, 1.82) is 0 Å². The van der Waals surface area contributed by atoms with E-state index in [0.29, 0.717) is 19.5 Å². The highest BCUT2D eigenvalue weighted by Crippen LogP contribution is 2.38. The van der Waals surface area contributed by atoms with Crippen LogP contribution in [-0.2, 0) is 14.6 Å². The van der Waals surface area contributed by atoms with Gasteiger partial charge in [-0.3, -0.25) is 4.90 Å². The number of hydrogen-bond acceptors (Lipinski definition) is 5. The molecule has 2 atom stereocenters. The molecule has 0 spiro atoms. The van der Waals surface area contributed by atoms with Gasteiger partial charge in [-0.1, -0.05) is 0 Å². The zero-order valence-corrected chi connectivity index (χ0v) is 13.4. The second-order valence-corrected chi connectivity index (χ2v) is 9.11. The Hall–Kier alpha value is -0.820. The number of nitrogens with zero attached hydrogens (tertiary/aromatic N) is 1. The molecule has 6 nitrogen and oxygen atoms in total. The van der Waals surface area contributed by atoms with Crippen molar-refractivity contribution in [3.05, 3.63) is 0 Å². The van der Waals surface area contributed by atoms with E-state index in [1.807, 2.05) is 20.8 Å². The summed E-state index contributed by atoms with van der Waals surface area (Å²) in [5.74, 6) is -0.0112. The highest BCUT2D eigenvalue weighted by Gasteiger charge is 2.53. The first-order valence-corrected chi connectivity index (χ1v) is 8.99. The smallest absolute Gasteiger partial charge is 0.411 e. The third-order valence-electron chi connectivity index (χ3n) is 3.77. The molecule has 2 aliphatic heterocycles. The summed E-state index contributed by atoms with van der Waals surface area (Å²) in [6.07, 6.45) is 2.35. The fourth-order valence-corrected chi connectivity index (χ4v) is 4.61. The van der Waals surface area contributed by atoms with Gasteiger partial charge in [0.1, 0.15) is 15.4 Å². The molecule has 2 saturated heterocycles. The first-order chi connectivity index (χ1) is 9.03. The van der Waals surface area contributed by atoms with E-state index in [9.17, 15) is 13.2 Å². The van der Waals surface area contributed by atoms with Crippen LogP contribution in [0.3, 0.4) is 0 Å². The van der Waals surface area contributed by atoms with Gasteiger partial charge in [-0.25, -0.2) is 13.2 Å². The molecule has 20 heavy (non-hydrogen) atoms. The molecule has 2 rings (SSSR count). The summed E-state index contributed by atoms with van der Waals surface area (Å²) in [5.41, 5.74) is -1.23. The van der Waals surface area contributed by atoms with Gasteiger partial charge >= 0.3 is 6.09 Å². The largest absolute Gasteiger partial charge is 0.444 e. The highest BCUT2D eigenvalue weighted by molar-refractivity contribution is 7.90. The first-order valence-electron chi connectivity index (χ1n) is 6.93. The number of carbonyl (C=O) groups is 1. The van der Waals surface area contributed by atoms with Crippen LogP contribution in [0.4, 0.5) is 4.79 Å². The fraction of sp³-hybridized carbons (Fsp3) is 0.923. The molecule has 2 heterocycles. The summed E-state index contributed by atoms with van der Waals surface area (Å²) < 4.78 is 28.9. The van der Waals surface area contributed by atoms with Crippen LogP contribution in [0, 0.1) is 0 Å². The summed E-state index contributed by atoms with van der Waals surface area (Å²) in [5, 5.41) is 3.24. The molecule has 0 saturated carbocycles. The van der Waals surface area contributed by atoms with E-state index in [0.717, 1.165) is 6.42 Å². The molecule has 2 unspecified atom stereocenters. The number of hydrogen-bond donors (Lipinski definition) is 1. The normalized spacial score (nSPS) is 30.4. The predicted octanol–water partition coefficient (Wildman–Crippen LogP) is 0.773. The van der Waals surface area contributed by atoms with Gasteiger partial charge in [0.05, 0.1) is 11.3 Å². The van der Waals surface area contributed by atoms with Crippen LogP contribution in [0.1, 0.15) is 33.6 Å². The van der Waals surface area contributed by atoms with E-state index in [4.69, 9.17) is 4.74 Å². The van der Waals surface area contributed by atoms with Crippen molar-refractivity contribution < 1.29 is 17.9 Å². The highest BCUT2D eigenvalue weighted by atomic mass is 32.2. The van der Waals surface area contributed by atoms with E-state index >= 15 is 0 Å². The predicted molar refractivity (Wildman–Crippen MR) is 76.4 cm³/mol. The van der Waals surface area contributed by atoms with Gasteiger partial charge in [-0.15, -0.1) is 0 Å². The van der Waals surface area contributed by atoms with Crippen molar-refractivity contribution in [2.24, 2.45) is 0 Å². The number of nitrogens with one attached hydrogen (secondary N) is 1. The van der Waals surface area contributed by atoms with Gasteiger partial charge in [-0.05, 0) is 33.6 Å². The van der Waals surface area contributed by atoms with E-state index < -0.39 is 27.1 Å². The second kappa shape index (κ2) is 4.87. The molecule has 7 heteroatoms. The SMILES string of the molecule is CC(C)(C)OC(=O)N1C2CCC1(CS(C)(=O)=O)CNC2. The van der Waals surface area contributed by atoms with Crippen molar-refractivity contribution in [2.45, 2.75) is 50.8 Å². The Morgan fingerprint density at radius 2 is 2.10 bits per heavy atom. The Bertz CT molecular complexity index is 493. The third kappa shape index (κ3) is 3.25. The van der Waals surface area contributed by atoms with Gasteiger partial charge < -0.3 is 10.1 Å². The van der Waals surface area contributed by atoms with Crippen molar-refractivity contribution in [3.63, 3.8) is 0 Å². The lowest BCUT2D eigenvalue weighted by Gasteiger charge is -2.44. The van der Waals surface area contributed by atoms with Crippen LogP contribution >= 0.6 is 0 Å². The quantitative estimate of drug-likeness (QED) is 0.815. The molecule has 1 N–H and O–H groups in total. The molecular weight excluding hydrogens is 280 g/mol. The zero-order chi connectivity index (χ0) is 15.2. The Labute approximate surface area is 120 Å². The van der Waals surface area contributed by atoms with E-state index in [1.165, 1.54) is 6.26 Å². The summed E-state index contributed by atoms with van der Waals surface area (Å²) in [6, 6.07) is 0.0281. The first kappa shape index (κ1) is 15.6. The Morgan fingerprint density at radius 3 is 2.65 bits per heavy atom. The van der Waals surface area contributed by atoms with Crippen molar-refractivity contribution >= 4 is 15.9 Å². The van der Waals surface area contributed by atoms with E-state index in [-0.39, 0.29) is 11.8 Å². The van der Waals surface area contributed by atoms with Crippen LogP contribution in [0.15, 0.2) is 0 Å². The van der Waals surface area contributed by atoms with Crippen LogP contribution in [0.25, 0.3) is 0 Å². The standard InChI is InChI=1S/C13H24N2O4S/c1-12(2,3)19-11(16)15-10-5-6-13(15,8-14-7-10)9-20(4,17)18/h10,14H,5-9H2,1-4H3. The third-order valence-corrected chi connectivity index (χ3v) is 4.84. The van der Waals surface area contributed by atoms with Gasteiger partial charge in [0.25, 0.3) is 0 Å². The number of ether oxygens (including phenoxy) is 1. The van der Waals surface area contributed by atoms with Crippen LogP contribution in [0.2, 0.25) is 0 Å². The molecule has 0 aromatic rings. The van der Waals surface area contributed by atoms with Crippen molar-refractivity contribution in [3.8, 4) is 0 Å². The minimum atomic E-state index is -3.17. The average Bonchev–Trinajstić information content (AvgIpc) is 2.41. The molecule has 0 aliphatic carbocycles. The molecule has 2 fully saturated rings. The lowest BCUT2D eigenvalue weighted by molar-refractivity contribution is -0.00535. The monoisotopic (exact) mass is 304 g/mol.